The molecule has 30 heavy (non-hydrogen) atoms. The van der Waals surface area contributed by atoms with E-state index in [1.807, 2.05) is 0 Å². The second kappa shape index (κ2) is 12.4. The van der Waals surface area contributed by atoms with E-state index in [9.17, 15) is 0 Å². The van der Waals surface area contributed by atoms with Crippen LogP contribution in [0.25, 0.3) is 0 Å². The highest BCUT2D eigenvalue weighted by Gasteiger charge is 2.27. The molecule has 1 unspecified atom stereocenters. The maximum absolute atomic E-state index is 4.95. The summed E-state index contributed by atoms with van der Waals surface area (Å²) in [6, 6.07) is 0. The molecular formula is C22H39IN6S. The van der Waals surface area contributed by atoms with E-state index in [0.717, 1.165) is 44.5 Å². The fraction of sp³-hybridized carbons (Fsp3) is 0.818. The summed E-state index contributed by atoms with van der Waals surface area (Å²) in [5.74, 6) is 1.89. The number of piperidine rings is 1. The van der Waals surface area contributed by atoms with E-state index < -0.39 is 0 Å². The molecule has 0 radical (unpaired) electrons. The van der Waals surface area contributed by atoms with Crippen molar-refractivity contribution in [2.45, 2.75) is 51.9 Å². The lowest BCUT2D eigenvalue weighted by Crippen LogP contribution is -2.41. The van der Waals surface area contributed by atoms with Gasteiger partial charge in [-0.2, -0.15) is 0 Å². The van der Waals surface area contributed by atoms with Gasteiger partial charge in [0.2, 0.25) is 0 Å². The van der Waals surface area contributed by atoms with Gasteiger partial charge in [-0.1, -0.05) is 6.42 Å². The van der Waals surface area contributed by atoms with Crippen molar-refractivity contribution in [2.24, 2.45) is 10.9 Å². The van der Waals surface area contributed by atoms with E-state index in [1.165, 1.54) is 82.1 Å². The van der Waals surface area contributed by atoms with E-state index in [4.69, 9.17) is 9.98 Å². The first-order valence-corrected chi connectivity index (χ1v) is 12.6. The van der Waals surface area contributed by atoms with Crippen LogP contribution in [-0.4, -0.2) is 79.6 Å². The first-order valence-electron chi connectivity index (χ1n) is 11.8. The summed E-state index contributed by atoms with van der Waals surface area (Å²) in [6.45, 7) is 12.4. The second-order valence-corrected chi connectivity index (χ2v) is 9.60. The zero-order chi connectivity index (χ0) is 19.9. The van der Waals surface area contributed by atoms with Crippen LogP contribution in [0.5, 0.6) is 0 Å². The van der Waals surface area contributed by atoms with Gasteiger partial charge >= 0.3 is 0 Å². The van der Waals surface area contributed by atoms with Gasteiger partial charge in [-0.3, -0.25) is 4.99 Å². The molecule has 0 aromatic carbocycles. The van der Waals surface area contributed by atoms with Crippen molar-refractivity contribution < 1.29 is 0 Å². The number of aliphatic imine (C=N–C) groups is 1. The summed E-state index contributed by atoms with van der Waals surface area (Å²) in [4.78, 5) is 17.4. The third-order valence-electron chi connectivity index (χ3n) is 6.43. The molecule has 170 valence electrons. The van der Waals surface area contributed by atoms with Gasteiger partial charge in [0.25, 0.3) is 0 Å². The molecule has 8 heteroatoms. The minimum absolute atomic E-state index is 0. The molecule has 1 atom stereocenters. The number of hydrogen-bond donors (Lipinski definition) is 1. The van der Waals surface area contributed by atoms with Crippen LogP contribution in [0.15, 0.2) is 10.4 Å². The van der Waals surface area contributed by atoms with E-state index in [0.29, 0.717) is 0 Å². The van der Waals surface area contributed by atoms with Gasteiger partial charge in [-0.05, 0) is 58.0 Å². The van der Waals surface area contributed by atoms with Gasteiger partial charge in [0.1, 0.15) is 0 Å². The molecule has 6 nitrogen and oxygen atoms in total. The van der Waals surface area contributed by atoms with Gasteiger partial charge in [0, 0.05) is 57.6 Å². The highest BCUT2D eigenvalue weighted by Crippen LogP contribution is 2.24. The van der Waals surface area contributed by atoms with Gasteiger partial charge < -0.3 is 20.0 Å². The maximum Gasteiger partial charge on any atom is 0.193 e. The molecule has 0 amide bonds. The quantitative estimate of drug-likeness (QED) is 0.321. The Bertz CT molecular complexity index is 654. The number of halogens is 1. The minimum atomic E-state index is 0. The number of aromatic nitrogens is 1. The van der Waals surface area contributed by atoms with Crippen molar-refractivity contribution in [3.63, 3.8) is 0 Å². The number of likely N-dealkylation sites (tertiary alicyclic amines) is 2. The molecule has 1 N–H and O–H groups in total. The first-order chi connectivity index (χ1) is 14.3. The lowest BCUT2D eigenvalue weighted by Gasteiger charge is -2.29. The van der Waals surface area contributed by atoms with Gasteiger partial charge in [0.15, 0.2) is 11.1 Å². The summed E-state index contributed by atoms with van der Waals surface area (Å²) < 4.78 is 0. The van der Waals surface area contributed by atoms with Crippen molar-refractivity contribution in [3.05, 3.63) is 11.1 Å². The van der Waals surface area contributed by atoms with Crippen LogP contribution in [0, 0.1) is 5.92 Å². The predicted octanol–water partition coefficient (Wildman–Crippen LogP) is 3.68. The third kappa shape index (κ3) is 6.69. The van der Waals surface area contributed by atoms with Crippen LogP contribution in [0.1, 0.15) is 51.1 Å². The minimum Gasteiger partial charge on any atom is -0.357 e. The molecule has 0 saturated carbocycles. The molecule has 1 aromatic heterocycles. The van der Waals surface area contributed by atoms with Crippen molar-refractivity contribution in [1.82, 2.24) is 20.1 Å². The van der Waals surface area contributed by atoms with Gasteiger partial charge in [0.05, 0.1) is 5.69 Å². The van der Waals surface area contributed by atoms with E-state index in [2.05, 4.69) is 32.3 Å². The smallest absolute Gasteiger partial charge is 0.193 e. The first kappa shape index (κ1) is 24.0. The Kier molecular flexibility index (Phi) is 9.96. The average molecular weight is 547 g/mol. The van der Waals surface area contributed by atoms with Gasteiger partial charge in [-0.15, -0.1) is 35.3 Å². The number of nitrogens with one attached hydrogen (secondary N) is 1. The Morgan fingerprint density at radius 3 is 2.67 bits per heavy atom. The lowest BCUT2D eigenvalue weighted by atomic mass is 10.1. The molecule has 0 bridgehead atoms. The number of anilines is 1. The molecule has 0 aliphatic carbocycles. The summed E-state index contributed by atoms with van der Waals surface area (Å²) in [5.41, 5.74) is 1.20. The van der Waals surface area contributed by atoms with E-state index in [-0.39, 0.29) is 24.0 Å². The molecule has 3 saturated heterocycles. The Morgan fingerprint density at radius 1 is 1.13 bits per heavy atom. The monoisotopic (exact) mass is 546 g/mol. The van der Waals surface area contributed by atoms with E-state index >= 15 is 0 Å². The van der Waals surface area contributed by atoms with Gasteiger partial charge in [-0.25, -0.2) is 4.98 Å². The fourth-order valence-electron chi connectivity index (χ4n) is 4.85. The Morgan fingerprint density at radius 2 is 1.90 bits per heavy atom. The molecule has 3 fully saturated rings. The SMILES string of the molecule is CCNC(=NCCc1csc(N2CCCC2)n1)N1CCC(CN2CCCCC2)C1.I. The number of nitrogens with zero attached hydrogens (tertiary/aromatic N) is 5. The van der Waals surface area contributed by atoms with Crippen molar-refractivity contribution in [3.8, 4) is 0 Å². The number of thiazole rings is 1. The second-order valence-electron chi connectivity index (χ2n) is 8.76. The maximum atomic E-state index is 4.95. The molecular weight excluding hydrogens is 507 g/mol. The highest BCUT2D eigenvalue weighted by molar-refractivity contribution is 14.0. The van der Waals surface area contributed by atoms with E-state index in [1.54, 1.807) is 11.3 Å². The summed E-state index contributed by atoms with van der Waals surface area (Å²) in [5, 5.41) is 6.95. The zero-order valence-corrected chi connectivity index (χ0v) is 21.7. The molecule has 4 rings (SSSR count). The Hall–Kier alpha value is -0.610. The van der Waals surface area contributed by atoms with Crippen molar-refractivity contribution >= 4 is 46.4 Å². The molecule has 1 aromatic rings. The Balaban J connectivity index is 0.00000256. The zero-order valence-electron chi connectivity index (χ0n) is 18.5. The van der Waals surface area contributed by atoms with Crippen LogP contribution in [0.4, 0.5) is 5.13 Å². The average Bonchev–Trinajstić information content (AvgIpc) is 3.50. The fourth-order valence-corrected chi connectivity index (χ4v) is 5.76. The summed E-state index contributed by atoms with van der Waals surface area (Å²) in [6.07, 6.45) is 9.03. The van der Waals surface area contributed by atoms with Crippen molar-refractivity contribution in [1.29, 1.82) is 0 Å². The van der Waals surface area contributed by atoms with Crippen LogP contribution >= 0.6 is 35.3 Å². The largest absolute Gasteiger partial charge is 0.357 e. The third-order valence-corrected chi connectivity index (χ3v) is 7.38. The van der Waals surface area contributed by atoms with Crippen LogP contribution < -0.4 is 10.2 Å². The summed E-state index contributed by atoms with van der Waals surface area (Å²) in [7, 11) is 0. The number of hydrogen-bond acceptors (Lipinski definition) is 5. The van der Waals surface area contributed by atoms with Crippen LogP contribution in [-0.2, 0) is 6.42 Å². The van der Waals surface area contributed by atoms with Crippen molar-refractivity contribution in [2.75, 3.05) is 63.8 Å². The highest BCUT2D eigenvalue weighted by atomic mass is 127. The Labute approximate surface area is 203 Å². The number of guanidine groups is 1. The topological polar surface area (TPSA) is 47.0 Å². The van der Waals surface area contributed by atoms with Crippen LogP contribution in [0.2, 0.25) is 0 Å². The molecule has 3 aliphatic heterocycles. The summed E-state index contributed by atoms with van der Waals surface area (Å²) >= 11 is 1.79. The number of rotatable bonds is 7. The predicted molar refractivity (Wildman–Crippen MR) is 139 cm³/mol. The molecule has 3 aliphatic rings. The molecule has 4 heterocycles. The normalized spacial score (nSPS) is 23.1. The standard InChI is InChI=1S/C22H38N6S.HI/c1-2-23-21(28-15-9-19(17-28)16-26-11-4-3-5-12-26)24-10-8-20-18-29-22(25-20)27-13-6-7-14-27;/h18-19H,2-17H2,1H3,(H,23,24);1H. The van der Waals surface area contributed by atoms with Crippen LogP contribution in [0.3, 0.4) is 0 Å². The lowest BCUT2D eigenvalue weighted by molar-refractivity contribution is 0.198. The molecule has 0 spiro atoms.